The minimum Gasteiger partial charge on any atom is -0.481 e. The summed E-state index contributed by atoms with van der Waals surface area (Å²) < 4.78 is 0. The van der Waals surface area contributed by atoms with Gasteiger partial charge in [-0.3, -0.25) is 4.79 Å². The quantitative estimate of drug-likeness (QED) is 0.268. The number of carboxylic acid groups (broad SMARTS) is 1. The molecular formula is C18H30O2. The monoisotopic (exact) mass is 278 g/mol. The van der Waals surface area contributed by atoms with Crippen LogP contribution in [0, 0.1) is 0 Å². The molecule has 1 N–H and O–H groups in total. The summed E-state index contributed by atoms with van der Waals surface area (Å²) >= 11 is 0. The molecule has 0 aliphatic rings. The molecule has 0 heterocycles. The van der Waals surface area contributed by atoms with Crippen molar-refractivity contribution in [1.82, 2.24) is 0 Å². The lowest BCUT2D eigenvalue weighted by molar-refractivity contribution is -0.137. The predicted octanol–water partition coefficient (Wildman–Crippen LogP) is 5.66. The average Bonchev–Trinajstić information content (AvgIpc) is 2.43. The number of unbranched alkanes of at least 4 members (excludes halogenated alkanes) is 6. The van der Waals surface area contributed by atoms with Crippen LogP contribution in [0.5, 0.6) is 0 Å². The molecule has 0 spiro atoms. The van der Waals surface area contributed by atoms with Crippen molar-refractivity contribution >= 4 is 5.97 Å². The van der Waals surface area contributed by atoms with Gasteiger partial charge in [-0.2, -0.15) is 0 Å². The Hall–Kier alpha value is -1.31. The molecule has 0 saturated heterocycles. The molecule has 0 unspecified atom stereocenters. The van der Waals surface area contributed by atoms with E-state index < -0.39 is 5.97 Å². The maximum atomic E-state index is 10.3. The van der Waals surface area contributed by atoms with Gasteiger partial charge in [-0.25, -0.2) is 0 Å². The van der Waals surface area contributed by atoms with Crippen LogP contribution in [0.25, 0.3) is 0 Å². The van der Waals surface area contributed by atoms with Crippen LogP contribution < -0.4 is 0 Å². The predicted molar refractivity (Wildman–Crippen MR) is 86.9 cm³/mol. The first-order valence-electron chi connectivity index (χ1n) is 7.95. The van der Waals surface area contributed by atoms with Crippen LogP contribution in [-0.4, -0.2) is 11.1 Å². The summed E-state index contributed by atoms with van der Waals surface area (Å²) in [5.41, 5.74) is 0. The highest BCUT2D eigenvalue weighted by atomic mass is 16.4. The van der Waals surface area contributed by atoms with Gasteiger partial charge in [0, 0.05) is 6.42 Å². The van der Waals surface area contributed by atoms with Crippen LogP contribution in [0.1, 0.15) is 71.1 Å². The second-order valence-corrected chi connectivity index (χ2v) is 5.04. The molecule has 0 aromatic heterocycles. The SMILES string of the molecule is CCCCCC=CC=CCCC=CCCCCC(=O)O. The Morgan fingerprint density at radius 2 is 1.35 bits per heavy atom. The van der Waals surface area contributed by atoms with E-state index in [0.29, 0.717) is 6.42 Å². The molecule has 0 saturated carbocycles. The summed E-state index contributed by atoms with van der Waals surface area (Å²) in [6, 6.07) is 0. The molecule has 0 aromatic rings. The molecule has 20 heavy (non-hydrogen) atoms. The van der Waals surface area contributed by atoms with Crippen molar-refractivity contribution in [3.63, 3.8) is 0 Å². The lowest BCUT2D eigenvalue weighted by Crippen LogP contribution is -1.92. The average molecular weight is 278 g/mol. The summed E-state index contributed by atoms with van der Waals surface area (Å²) in [6.07, 6.45) is 23.3. The van der Waals surface area contributed by atoms with E-state index in [0.717, 1.165) is 32.1 Å². The smallest absolute Gasteiger partial charge is 0.303 e. The van der Waals surface area contributed by atoms with Gasteiger partial charge in [0.05, 0.1) is 0 Å². The lowest BCUT2D eigenvalue weighted by atomic mass is 10.1. The molecule has 2 heteroatoms. The van der Waals surface area contributed by atoms with Crippen LogP contribution in [-0.2, 0) is 4.79 Å². The second kappa shape index (κ2) is 15.7. The Morgan fingerprint density at radius 3 is 2.05 bits per heavy atom. The summed E-state index contributed by atoms with van der Waals surface area (Å²) in [5, 5.41) is 8.49. The Morgan fingerprint density at radius 1 is 0.800 bits per heavy atom. The Bertz CT molecular complexity index is 301. The number of carboxylic acids is 1. The van der Waals surface area contributed by atoms with Gasteiger partial charge in [0.15, 0.2) is 0 Å². The van der Waals surface area contributed by atoms with E-state index in [1.807, 2.05) is 0 Å². The van der Waals surface area contributed by atoms with Crippen molar-refractivity contribution < 1.29 is 9.90 Å². The number of hydrogen-bond acceptors (Lipinski definition) is 1. The van der Waals surface area contributed by atoms with Crippen LogP contribution in [0.15, 0.2) is 36.5 Å². The van der Waals surface area contributed by atoms with Crippen LogP contribution >= 0.6 is 0 Å². The maximum absolute atomic E-state index is 10.3. The third-order valence-corrected chi connectivity index (χ3v) is 3.04. The van der Waals surface area contributed by atoms with Gasteiger partial charge in [0.2, 0.25) is 0 Å². The van der Waals surface area contributed by atoms with Crippen molar-refractivity contribution in [3.8, 4) is 0 Å². The number of rotatable bonds is 13. The van der Waals surface area contributed by atoms with Gasteiger partial charge in [-0.1, -0.05) is 56.2 Å². The molecule has 0 aromatic carbocycles. The first-order chi connectivity index (χ1) is 9.77. The topological polar surface area (TPSA) is 37.3 Å². The fraction of sp³-hybridized carbons (Fsp3) is 0.611. The summed E-state index contributed by atoms with van der Waals surface area (Å²) in [4.78, 5) is 10.3. The molecule has 0 aliphatic carbocycles. The normalized spacial score (nSPS) is 12.1. The van der Waals surface area contributed by atoms with Crippen molar-refractivity contribution in [2.24, 2.45) is 0 Å². The summed E-state index contributed by atoms with van der Waals surface area (Å²) in [5.74, 6) is -0.693. The van der Waals surface area contributed by atoms with Gasteiger partial charge in [-0.15, -0.1) is 0 Å². The zero-order valence-corrected chi connectivity index (χ0v) is 12.9. The van der Waals surface area contributed by atoms with E-state index >= 15 is 0 Å². The van der Waals surface area contributed by atoms with Gasteiger partial charge in [0.1, 0.15) is 0 Å². The van der Waals surface area contributed by atoms with Crippen molar-refractivity contribution in [2.75, 3.05) is 0 Å². The van der Waals surface area contributed by atoms with Gasteiger partial charge < -0.3 is 5.11 Å². The Kier molecular flexibility index (Phi) is 14.7. The van der Waals surface area contributed by atoms with Gasteiger partial charge >= 0.3 is 5.97 Å². The number of hydrogen-bond donors (Lipinski definition) is 1. The van der Waals surface area contributed by atoms with Gasteiger partial charge in [0.25, 0.3) is 0 Å². The van der Waals surface area contributed by atoms with Crippen LogP contribution in [0.2, 0.25) is 0 Å². The molecule has 0 amide bonds. The molecule has 0 aliphatic heterocycles. The highest BCUT2D eigenvalue weighted by Gasteiger charge is 1.93. The van der Waals surface area contributed by atoms with E-state index in [4.69, 9.17) is 5.11 Å². The Labute approximate surface area is 124 Å². The third kappa shape index (κ3) is 16.7. The molecule has 0 bridgehead atoms. The highest BCUT2D eigenvalue weighted by Crippen LogP contribution is 2.03. The van der Waals surface area contributed by atoms with Gasteiger partial charge in [-0.05, 0) is 44.9 Å². The van der Waals surface area contributed by atoms with E-state index in [1.54, 1.807) is 0 Å². The minimum absolute atomic E-state index is 0.293. The zero-order valence-electron chi connectivity index (χ0n) is 12.9. The molecule has 0 atom stereocenters. The highest BCUT2D eigenvalue weighted by molar-refractivity contribution is 5.66. The molecule has 114 valence electrons. The van der Waals surface area contributed by atoms with Crippen LogP contribution in [0.3, 0.4) is 0 Å². The number of aliphatic carboxylic acids is 1. The molecular weight excluding hydrogens is 248 g/mol. The Balaban J connectivity index is 3.31. The van der Waals surface area contributed by atoms with Crippen LogP contribution in [0.4, 0.5) is 0 Å². The van der Waals surface area contributed by atoms with E-state index in [-0.39, 0.29) is 0 Å². The fourth-order valence-corrected chi connectivity index (χ4v) is 1.83. The first kappa shape index (κ1) is 18.7. The minimum atomic E-state index is -0.693. The summed E-state index contributed by atoms with van der Waals surface area (Å²) in [6.45, 7) is 2.23. The number of allylic oxidation sites excluding steroid dienone is 6. The molecule has 0 fully saturated rings. The third-order valence-electron chi connectivity index (χ3n) is 3.04. The first-order valence-corrected chi connectivity index (χ1v) is 7.95. The largest absolute Gasteiger partial charge is 0.481 e. The van der Waals surface area contributed by atoms with E-state index in [9.17, 15) is 4.79 Å². The second-order valence-electron chi connectivity index (χ2n) is 5.04. The fourth-order valence-electron chi connectivity index (χ4n) is 1.83. The molecule has 0 radical (unpaired) electrons. The zero-order chi connectivity index (χ0) is 14.9. The molecule has 0 rings (SSSR count). The lowest BCUT2D eigenvalue weighted by Gasteiger charge is -1.93. The maximum Gasteiger partial charge on any atom is 0.303 e. The van der Waals surface area contributed by atoms with Crippen molar-refractivity contribution in [3.05, 3.63) is 36.5 Å². The van der Waals surface area contributed by atoms with Crippen molar-refractivity contribution in [1.29, 1.82) is 0 Å². The van der Waals surface area contributed by atoms with E-state index in [1.165, 1.54) is 25.7 Å². The van der Waals surface area contributed by atoms with Crippen molar-refractivity contribution in [2.45, 2.75) is 71.1 Å². The standard InChI is InChI=1S/C18H30O2/c1-2-3-4-5-6-7-8-9-10-11-12-13-14-15-16-17-18(19)20/h6-9,12-13H,2-5,10-11,14-17H2,1H3,(H,19,20). The number of carbonyl (C=O) groups is 1. The summed E-state index contributed by atoms with van der Waals surface area (Å²) in [7, 11) is 0. The molecule has 2 nitrogen and oxygen atoms in total. The van der Waals surface area contributed by atoms with E-state index in [2.05, 4.69) is 43.4 Å².